The summed E-state index contributed by atoms with van der Waals surface area (Å²) in [5, 5.41) is 10.5. The summed E-state index contributed by atoms with van der Waals surface area (Å²) in [5.41, 5.74) is -0.798. The van der Waals surface area contributed by atoms with Gasteiger partial charge in [-0.1, -0.05) is 6.08 Å². The Morgan fingerprint density at radius 2 is 2.21 bits per heavy atom. The number of rotatable bonds is 3. The number of carboxylic acids is 1. The largest absolute Gasteiger partial charge is 0.478 e. The van der Waals surface area contributed by atoms with Gasteiger partial charge in [0.05, 0.1) is 6.54 Å². The van der Waals surface area contributed by atoms with Gasteiger partial charge in [0.1, 0.15) is 0 Å². The zero-order chi connectivity index (χ0) is 10.6. The van der Waals surface area contributed by atoms with Crippen LogP contribution in [0.2, 0.25) is 0 Å². The second kappa shape index (κ2) is 4.22. The Bertz CT molecular complexity index is 469. The minimum Gasteiger partial charge on any atom is -0.478 e. The topological polar surface area (TPSA) is 92.2 Å². The van der Waals surface area contributed by atoms with Crippen molar-refractivity contribution in [1.29, 1.82) is 0 Å². The Kier molecular flexibility index (Phi) is 3.01. The Hall–Kier alpha value is -2.11. The quantitative estimate of drug-likeness (QED) is 0.617. The number of nitrogens with zero attached hydrogens (tertiary/aromatic N) is 1. The Labute approximate surface area is 78.1 Å². The van der Waals surface area contributed by atoms with Gasteiger partial charge in [-0.25, -0.2) is 9.48 Å². The van der Waals surface area contributed by atoms with Crippen LogP contribution in [0.5, 0.6) is 0 Å². The van der Waals surface area contributed by atoms with E-state index in [0.717, 1.165) is 22.9 Å². The maximum atomic E-state index is 11.1. The highest BCUT2D eigenvalue weighted by Gasteiger charge is 1.93. The van der Waals surface area contributed by atoms with Gasteiger partial charge in [0, 0.05) is 18.2 Å². The van der Waals surface area contributed by atoms with Gasteiger partial charge < -0.3 is 5.11 Å². The van der Waals surface area contributed by atoms with E-state index in [9.17, 15) is 14.4 Å². The molecular weight excluding hydrogens is 188 g/mol. The molecule has 2 N–H and O–H groups in total. The van der Waals surface area contributed by atoms with Crippen LogP contribution in [0.1, 0.15) is 0 Å². The maximum absolute atomic E-state index is 11.1. The van der Waals surface area contributed by atoms with Crippen LogP contribution in [0.15, 0.2) is 33.9 Å². The lowest BCUT2D eigenvalue weighted by atomic mass is 10.5. The van der Waals surface area contributed by atoms with Crippen LogP contribution in [-0.4, -0.2) is 20.9 Å². The molecule has 0 spiro atoms. The normalized spacial score (nSPS) is 10.6. The molecular formula is C8H8N2O4. The highest BCUT2D eigenvalue weighted by atomic mass is 16.4. The van der Waals surface area contributed by atoms with Crippen molar-refractivity contribution in [3.8, 4) is 0 Å². The fourth-order valence-corrected chi connectivity index (χ4v) is 0.857. The van der Waals surface area contributed by atoms with Crippen LogP contribution in [0, 0.1) is 0 Å². The molecule has 1 aromatic rings. The standard InChI is InChI=1S/C8H8N2O4/c11-6-3-4-7(12)10(9-6)5-1-2-8(13)14/h1-4H,5H2,(H,9,11)(H,13,14). The monoisotopic (exact) mass is 196 g/mol. The predicted molar refractivity (Wildman–Crippen MR) is 48.1 cm³/mol. The first-order chi connectivity index (χ1) is 6.59. The average molecular weight is 196 g/mol. The molecule has 0 saturated heterocycles. The molecule has 1 rings (SSSR count). The van der Waals surface area contributed by atoms with Crippen LogP contribution in [0.3, 0.4) is 0 Å². The molecule has 0 aliphatic heterocycles. The van der Waals surface area contributed by atoms with Crippen molar-refractivity contribution in [3.05, 3.63) is 45.0 Å². The molecule has 0 aromatic carbocycles. The molecule has 0 unspecified atom stereocenters. The Balaban J connectivity index is 2.87. The summed E-state index contributed by atoms with van der Waals surface area (Å²) in [6, 6.07) is 2.23. The first-order valence-corrected chi connectivity index (χ1v) is 3.79. The van der Waals surface area contributed by atoms with E-state index in [2.05, 4.69) is 5.10 Å². The van der Waals surface area contributed by atoms with Crippen LogP contribution in [0.25, 0.3) is 0 Å². The van der Waals surface area contributed by atoms with E-state index in [-0.39, 0.29) is 12.1 Å². The van der Waals surface area contributed by atoms with Crippen LogP contribution < -0.4 is 11.1 Å². The molecule has 0 aliphatic rings. The fraction of sp³-hybridized carbons (Fsp3) is 0.125. The molecule has 74 valence electrons. The summed E-state index contributed by atoms with van der Waals surface area (Å²) in [4.78, 5) is 31.9. The summed E-state index contributed by atoms with van der Waals surface area (Å²) >= 11 is 0. The number of aromatic amines is 1. The number of aromatic nitrogens is 2. The van der Waals surface area contributed by atoms with Gasteiger partial charge >= 0.3 is 5.97 Å². The van der Waals surface area contributed by atoms with Crippen LogP contribution in [0.4, 0.5) is 0 Å². The van der Waals surface area contributed by atoms with E-state index < -0.39 is 11.5 Å². The van der Waals surface area contributed by atoms with E-state index in [1.54, 1.807) is 0 Å². The lowest BCUT2D eigenvalue weighted by Gasteiger charge is -1.98. The number of carboxylic acid groups (broad SMARTS) is 1. The molecule has 0 fully saturated rings. The van der Waals surface area contributed by atoms with E-state index in [1.165, 1.54) is 6.08 Å². The smallest absolute Gasteiger partial charge is 0.328 e. The van der Waals surface area contributed by atoms with Crippen molar-refractivity contribution >= 4 is 5.97 Å². The maximum Gasteiger partial charge on any atom is 0.328 e. The van der Waals surface area contributed by atoms with Crippen molar-refractivity contribution < 1.29 is 9.90 Å². The summed E-state index contributed by atoms with van der Waals surface area (Å²) in [7, 11) is 0. The van der Waals surface area contributed by atoms with Crippen molar-refractivity contribution in [1.82, 2.24) is 9.78 Å². The van der Waals surface area contributed by atoms with Crippen molar-refractivity contribution in [2.75, 3.05) is 0 Å². The zero-order valence-electron chi connectivity index (χ0n) is 7.14. The van der Waals surface area contributed by atoms with E-state index in [1.807, 2.05) is 0 Å². The lowest BCUT2D eigenvalue weighted by Crippen LogP contribution is -2.27. The number of hydrogen-bond donors (Lipinski definition) is 2. The second-order valence-corrected chi connectivity index (χ2v) is 2.50. The predicted octanol–water partition coefficient (Wildman–Crippen LogP) is -0.823. The fourth-order valence-electron chi connectivity index (χ4n) is 0.857. The summed E-state index contributed by atoms with van der Waals surface area (Å²) in [5.74, 6) is -1.10. The van der Waals surface area contributed by atoms with Gasteiger partial charge in [-0.05, 0) is 0 Å². The molecule has 1 aromatic heterocycles. The molecule has 0 radical (unpaired) electrons. The van der Waals surface area contributed by atoms with Gasteiger partial charge in [-0.3, -0.25) is 14.7 Å². The third-order valence-electron chi connectivity index (χ3n) is 1.44. The number of allylic oxidation sites excluding steroid dienone is 1. The van der Waals surface area contributed by atoms with Crippen molar-refractivity contribution in [3.63, 3.8) is 0 Å². The highest BCUT2D eigenvalue weighted by molar-refractivity contribution is 5.79. The molecule has 0 saturated carbocycles. The number of carbonyl (C=O) groups is 1. The van der Waals surface area contributed by atoms with E-state index in [0.29, 0.717) is 0 Å². The number of nitrogens with one attached hydrogen (secondary N) is 1. The molecule has 0 bridgehead atoms. The van der Waals surface area contributed by atoms with Gasteiger partial charge in [-0.2, -0.15) is 0 Å². The third-order valence-corrected chi connectivity index (χ3v) is 1.44. The molecule has 6 nitrogen and oxygen atoms in total. The Morgan fingerprint density at radius 1 is 1.50 bits per heavy atom. The first-order valence-electron chi connectivity index (χ1n) is 3.79. The van der Waals surface area contributed by atoms with Gasteiger partial charge in [-0.15, -0.1) is 0 Å². The summed E-state index contributed by atoms with van der Waals surface area (Å²) in [6.07, 6.45) is 2.16. The van der Waals surface area contributed by atoms with Crippen molar-refractivity contribution in [2.45, 2.75) is 6.54 Å². The number of H-pyrrole nitrogens is 1. The minimum atomic E-state index is -1.10. The molecule has 6 heteroatoms. The summed E-state index contributed by atoms with van der Waals surface area (Å²) < 4.78 is 1.02. The second-order valence-electron chi connectivity index (χ2n) is 2.50. The average Bonchev–Trinajstić information content (AvgIpc) is 2.10. The number of aliphatic carboxylic acids is 1. The van der Waals surface area contributed by atoms with Gasteiger partial charge in [0.15, 0.2) is 0 Å². The van der Waals surface area contributed by atoms with E-state index in [4.69, 9.17) is 5.11 Å². The molecule has 0 amide bonds. The SMILES string of the molecule is O=C(O)C=CCn1[nH]c(=O)ccc1=O. The zero-order valence-corrected chi connectivity index (χ0v) is 7.14. The van der Waals surface area contributed by atoms with Crippen LogP contribution in [-0.2, 0) is 11.3 Å². The third kappa shape index (κ3) is 2.74. The highest BCUT2D eigenvalue weighted by Crippen LogP contribution is 1.77. The Morgan fingerprint density at radius 3 is 2.86 bits per heavy atom. The molecule has 1 heterocycles. The number of hydrogen-bond acceptors (Lipinski definition) is 3. The first kappa shape index (κ1) is 9.97. The minimum absolute atomic E-state index is 0.0290. The van der Waals surface area contributed by atoms with Crippen molar-refractivity contribution in [2.24, 2.45) is 0 Å². The van der Waals surface area contributed by atoms with Gasteiger partial charge in [0.25, 0.3) is 11.1 Å². The molecule has 0 atom stereocenters. The van der Waals surface area contributed by atoms with E-state index >= 15 is 0 Å². The molecule has 0 aliphatic carbocycles. The van der Waals surface area contributed by atoms with Gasteiger partial charge in [0.2, 0.25) is 0 Å². The lowest BCUT2D eigenvalue weighted by molar-refractivity contribution is -0.131. The summed E-state index contributed by atoms with van der Waals surface area (Å²) in [6.45, 7) is 0.0290. The molecule has 14 heavy (non-hydrogen) atoms. The van der Waals surface area contributed by atoms with Crippen LogP contribution >= 0.6 is 0 Å².